The van der Waals surface area contributed by atoms with E-state index in [1.165, 1.54) is 4.90 Å². The second kappa shape index (κ2) is 6.78. The molecule has 0 aliphatic carbocycles. The van der Waals surface area contributed by atoms with Crippen LogP contribution in [0.3, 0.4) is 0 Å². The number of nitrogen functional groups attached to an aromatic ring is 1. The number of esters is 1. The number of ether oxygens (including phenoxy) is 1. The Bertz CT molecular complexity index is 470. The summed E-state index contributed by atoms with van der Waals surface area (Å²) in [7, 11) is 3.40. The van der Waals surface area contributed by atoms with Gasteiger partial charge >= 0.3 is 5.97 Å². The van der Waals surface area contributed by atoms with Crippen molar-refractivity contribution < 1.29 is 14.3 Å². The molecular formula is C14H20N2O3. The summed E-state index contributed by atoms with van der Waals surface area (Å²) < 4.78 is 5.13. The first kappa shape index (κ1) is 15.0. The van der Waals surface area contributed by atoms with E-state index in [1.807, 2.05) is 6.92 Å². The van der Waals surface area contributed by atoms with Gasteiger partial charge in [0.15, 0.2) is 0 Å². The molecule has 5 nitrogen and oxygen atoms in total. The smallest absolute Gasteiger partial charge is 0.338 e. The van der Waals surface area contributed by atoms with Crippen molar-refractivity contribution in [3.8, 4) is 0 Å². The van der Waals surface area contributed by atoms with Crippen molar-refractivity contribution in [1.29, 1.82) is 0 Å². The van der Waals surface area contributed by atoms with Crippen LogP contribution in [-0.2, 0) is 9.53 Å². The van der Waals surface area contributed by atoms with Gasteiger partial charge in [0.1, 0.15) is 0 Å². The van der Waals surface area contributed by atoms with Crippen LogP contribution in [0.15, 0.2) is 18.2 Å². The summed E-state index contributed by atoms with van der Waals surface area (Å²) in [6.45, 7) is 2.05. The fraction of sp³-hybridized carbons (Fsp3) is 0.429. The molecule has 0 saturated carbocycles. The summed E-state index contributed by atoms with van der Waals surface area (Å²) in [5.41, 5.74) is 7.46. The molecule has 0 unspecified atom stereocenters. The van der Waals surface area contributed by atoms with E-state index in [0.717, 1.165) is 5.56 Å². The predicted octanol–water partition coefficient (Wildman–Crippen LogP) is 1.60. The Kier molecular flexibility index (Phi) is 5.36. The Balaban J connectivity index is 2.44. The maximum atomic E-state index is 11.8. The topological polar surface area (TPSA) is 72.6 Å². The van der Waals surface area contributed by atoms with Crippen LogP contribution in [0.4, 0.5) is 5.69 Å². The van der Waals surface area contributed by atoms with Gasteiger partial charge in [-0.05, 0) is 31.0 Å². The zero-order chi connectivity index (χ0) is 14.4. The zero-order valence-corrected chi connectivity index (χ0v) is 11.6. The van der Waals surface area contributed by atoms with Gasteiger partial charge in [-0.3, -0.25) is 4.79 Å². The Morgan fingerprint density at radius 1 is 1.32 bits per heavy atom. The van der Waals surface area contributed by atoms with Crippen molar-refractivity contribution >= 4 is 17.6 Å². The van der Waals surface area contributed by atoms with E-state index in [1.54, 1.807) is 32.3 Å². The zero-order valence-electron chi connectivity index (χ0n) is 11.6. The van der Waals surface area contributed by atoms with Gasteiger partial charge in [0.25, 0.3) is 0 Å². The van der Waals surface area contributed by atoms with Gasteiger partial charge in [-0.2, -0.15) is 0 Å². The van der Waals surface area contributed by atoms with E-state index >= 15 is 0 Å². The molecule has 1 aromatic carbocycles. The number of nitrogens with zero attached hydrogens (tertiary/aromatic N) is 1. The molecule has 0 aliphatic heterocycles. The maximum Gasteiger partial charge on any atom is 0.338 e. The molecule has 1 amide bonds. The molecule has 19 heavy (non-hydrogen) atoms. The highest BCUT2D eigenvalue weighted by atomic mass is 16.5. The number of carbonyl (C=O) groups is 2. The quantitative estimate of drug-likeness (QED) is 0.498. The highest BCUT2D eigenvalue weighted by molar-refractivity contribution is 5.92. The van der Waals surface area contributed by atoms with E-state index in [-0.39, 0.29) is 12.5 Å². The first-order valence-electron chi connectivity index (χ1n) is 6.15. The lowest BCUT2D eigenvalue weighted by Crippen LogP contribution is -2.21. The number of rotatable bonds is 5. The molecule has 0 aliphatic rings. The second-order valence-corrected chi connectivity index (χ2v) is 4.60. The molecule has 0 spiro atoms. The van der Waals surface area contributed by atoms with Gasteiger partial charge in [-0.1, -0.05) is 6.07 Å². The van der Waals surface area contributed by atoms with Crippen molar-refractivity contribution in [2.45, 2.75) is 19.8 Å². The highest BCUT2D eigenvalue weighted by Gasteiger charge is 2.11. The molecule has 104 valence electrons. The second-order valence-electron chi connectivity index (χ2n) is 4.60. The van der Waals surface area contributed by atoms with E-state index in [2.05, 4.69) is 0 Å². The van der Waals surface area contributed by atoms with Crippen LogP contribution in [0, 0.1) is 6.92 Å². The third-order valence-electron chi connectivity index (χ3n) is 2.75. The number of hydrogen-bond acceptors (Lipinski definition) is 4. The summed E-state index contributed by atoms with van der Waals surface area (Å²) in [6.07, 6.45) is 0.889. The fourth-order valence-electron chi connectivity index (χ4n) is 1.55. The van der Waals surface area contributed by atoms with Crippen LogP contribution in [0.2, 0.25) is 0 Å². The van der Waals surface area contributed by atoms with Crippen LogP contribution in [-0.4, -0.2) is 37.5 Å². The molecule has 0 bridgehead atoms. The molecule has 0 radical (unpaired) electrons. The lowest BCUT2D eigenvalue weighted by molar-refractivity contribution is -0.128. The van der Waals surface area contributed by atoms with Crippen LogP contribution < -0.4 is 5.73 Å². The number of hydrogen-bond donors (Lipinski definition) is 1. The Morgan fingerprint density at radius 2 is 2.00 bits per heavy atom. The number of benzene rings is 1. The number of aryl methyl sites for hydroxylation is 1. The summed E-state index contributed by atoms with van der Waals surface area (Å²) in [6, 6.07) is 5.12. The largest absolute Gasteiger partial charge is 0.462 e. The van der Waals surface area contributed by atoms with Gasteiger partial charge in [-0.25, -0.2) is 4.79 Å². The normalized spacial score (nSPS) is 10.1. The van der Waals surface area contributed by atoms with E-state index in [0.29, 0.717) is 24.1 Å². The molecule has 1 aromatic rings. The lowest BCUT2D eigenvalue weighted by Gasteiger charge is -2.10. The van der Waals surface area contributed by atoms with Gasteiger partial charge < -0.3 is 15.4 Å². The third-order valence-corrected chi connectivity index (χ3v) is 2.75. The molecule has 0 aromatic heterocycles. The molecule has 0 atom stereocenters. The van der Waals surface area contributed by atoms with Crippen molar-refractivity contribution in [2.24, 2.45) is 0 Å². The van der Waals surface area contributed by atoms with Gasteiger partial charge in [0.2, 0.25) is 5.91 Å². The fourth-order valence-corrected chi connectivity index (χ4v) is 1.55. The number of amides is 1. The van der Waals surface area contributed by atoms with Crippen LogP contribution in [0.25, 0.3) is 0 Å². The van der Waals surface area contributed by atoms with Crippen molar-refractivity contribution in [3.05, 3.63) is 29.3 Å². The summed E-state index contributed by atoms with van der Waals surface area (Å²) in [5, 5.41) is 0. The maximum absolute atomic E-state index is 11.8. The molecule has 2 N–H and O–H groups in total. The van der Waals surface area contributed by atoms with Crippen molar-refractivity contribution in [2.75, 3.05) is 26.4 Å². The minimum Gasteiger partial charge on any atom is -0.462 e. The average Bonchev–Trinajstić information content (AvgIpc) is 2.36. The Morgan fingerprint density at radius 3 is 2.63 bits per heavy atom. The summed E-state index contributed by atoms with van der Waals surface area (Å²) in [5.74, 6) is -0.377. The molecular weight excluding hydrogens is 244 g/mol. The average molecular weight is 264 g/mol. The third kappa shape index (κ3) is 4.62. The predicted molar refractivity (Wildman–Crippen MR) is 73.8 cm³/mol. The van der Waals surface area contributed by atoms with Gasteiger partial charge in [-0.15, -0.1) is 0 Å². The minimum atomic E-state index is -0.401. The van der Waals surface area contributed by atoms with Gasteiger partial charge in [0, 0.05) is 26.2 Å². The SMILES string of the molecule is Cc1ccc(N)cc1C(=O)OCCCC(=O)N(C)C. The standard InChI is InChI=1S/C14H20N2O3/c1-10-6-7-11(15)9-12(10)14(18)19-8-4-5-13(17)16(2)3/h6-7,9H,4-5,8,15H2,1-3H3. The van der Waals surface area contributed by atoms with E-state index < -0.39 is 5.97 Å². The van der Waals surface area contributed by atoms with Crippen molar-refractivity contribution in [3.63, 3.8) is 0 Å². The van der Waals surface area contributed by atoms with E-state index in [4.69, 9.17) is 10.5 Å². The van der Waals surface area contributed by atoms with Crippen LogP contribution in [0.1, 0.15) is 28.8 Å². The highest BCUT2D eigenvalue weighted by Crippen LogP contribution is 2.14. The molecule has 0 saturated heterocycles. The first-order valence-corrected chi connectivity index (χ1v) is 6.15. The molecule has 0 heterocycles. The Hall–Kier alpha value is -2.04. The van der Waals surface area contributed by atoms with Crippen LogP contribution >= 0.6 is 0 Å². The first-order chi connectivity index (χ1) is 8.91. The lowest BCUT2D eigenvalue weighted by atomic mass is 10.1. The monoisotopic (exact) mass is 264 g/mol. The summed E-state index contributed by atoms with van der Waals surface area (Å²) >= 11 is 0. The van der Waals surface area contributed by atoms with Gasteiger partial charge in [0.05, 0.1) is 12.2 Å². The number of anilines is 1. The minimum absolute atomic E-state index is 0.0242. The summed E-state index contributed by atoms with van der Waals surface area (Å²) in [4.78, 5) is 24.7. The van der Waals surface area contributed by atoms with Crippen molar-refractivity contribution in [1.82, 2.24) is 4.90 Å². The number of nitrogens with two attached hydrogens (primary N) is 1. The Labute approximate surface area is 113 Å². The van der Waals surface area contributed by atoms with E-state index in [9.17, 15) is 9.59 Å². The number of carbonyl (C=O) groups excluding carboxylic acids is 2. The van der Waals surface area contributed by atoms with Crippen LogP contribution in [0.5, 0.6) is 0 Å². The molecule has 0 fully saturated rings. The molecule has 5 heteroatoms. The molecule has 1 rings (SSSR count).